The van der Waals surface area contributed by atoms with Crippen LogP contribution >= 0.6 is 11.3 Å². The maximum atomic E-state index is 12.2. The average molecular weight is 359 g/mol. The quantitative estimate of drug-likeness (QED) is 0.798. The van der Waals surface area contributed by atoms with Crippen molar-refractivity contribution in [1.82, 2.24) is 0 Å². The second-order valence-electron chi connectivity index (χ2n) is 6.02. The highest BCUT2D eigenvalue weighted by atomic mass is 32.1. The molecule has 0 saturated heterocycles. The SMILES string of the molecule is COC(=O)c1c(NC(=O)CCOc2cccc(C)c2)sc2c1CCC2. The lowest BCUT2D eigenvalue weighted by molar-refractivity contribution is -0.116. The van der Waals surface area contributed by atoms with E-state index >= 15 is 0 Å². The molecular weight excluding hydrogens is 338 g/mol. The van der Waals surface area contributed by atoms with Crippen molar-refractivity contribution in [2.24, 2.45) is 0 Å². The summed E-state index contributed by atoms with van der Waals surface area (Å²) < 4.78 is 10.5. The Morgan fingerprint density at radius 3 is 2.88 bits per heavy atom. The van der Waals surface area contributed by atoms with Gasteiger partial charge in [0.1, 0.15) is 10.8 Å². The summed E-state index contributed by atoms with van der Waals surface area (Å²) in [4.78, 5) is 25.5. The summed E-state index contributed by atoms with van der Waals surface area (Å²) in [6, 6.07) is 7.70. The van der Waals surface area contributed by atoms with Gasteiger partial charge in [-0.1, -0.05) is 12.1 Å². The Morgan fingerprint density at radius 1 is 1.28 bits per heavy atom. The van der Waals surface area contributed by atoms with Crippen molar-refractivity contribution >= 4 is 28.2 Å². The number of fused-ring (bicyclic) bond motifs is 1. The number of ether oxygens (including phenoxy) is 2. The van der Waals surface area contributed by atoms with Crippen molar-refractivity contribution in [2.75, 3.05) is 19.0 Å². The van der Waals surface area contributed by atoms with Crippen molar-refractivity contribution in [3.63, 3.8) is 0 Å². The monoisotopic (exact) mass is 359 g/mol. The second-order valence-corrected chi connectivity index (χ2v) is 7.12. The third kappa shape index (κ3) is 4.02. The predicted octanol–water partition coefficient (Wildman–Crippen LogP) is 3.74. The summed E-state index contributed by atoms with van der Waals surface area (Å²) in [5.41, 5.74) is 2.66. The minimum Gasteiger partial charge on any atom is -0.493 e. The lowest BCUT2D eigenvalue weighted by Crippen LogP contribution is -2.17. The van der Waals surface area contributed by atoms with Gasteiger partial charge in [-0.3, -0.25) is 4.79 Å². The Labute approximate surface area is 151 Å². The van der Waals surface area contributed by atoms with E-state index in [1.807, 2.05) is 31.2 Å². The van der Waals surface area contributed by atoms with Gasteiger partial charge in [-0.15, -0.1) is 11.3 Å². The topological polar surface area (TPSA) is 64.6 Å². The van der Waals surface area contributed by atoms with E-state index < -0.39 is 0 Å². The van der Waals surface area contributed by atoms with E-state index in [2.05, 4.69) is 5.32 Å². The molecule has 0 bridgehead atoms. The van der Waals surface area contributed by atoms with Crippen LogP contribution in [0.5, 0.6) is 5.75 Å². The molecule has 2 aromatic rings. The second kappa shape index (κ2) is 7.70. The van der Waals surface area contributed by atoms with Gasteiger partial charge in [-0.05, 0) is 49.4 Å². The van der Waals surface area contributed by atoms with Gasteiger partial charge < -0.3 is 14.8 Å². The molecule has 1 amide bonds. The van der Waals surface area contributed by atoms with E-state index in [9.17, 15) is 9.59 Å². The number of nitrogens with one attached hydrogen (secondary N) is 1. The fourth-order valence-electron chi connectivity index (χ4n) is 2.97. The van der Waals surface area contributed by atoms with E-state index in [1.165, 1.54) is 23.3 Å². The molecule has 0 saturated carbocycles. The summed E-state index contributed by atoms with van der Waals surface area (Å²) in [6.07, 6.45) is 3.08. The Morgan fingerprint density at radius 2 is 2.12 bits per heavy atom. The number of amides is 1. The number of hydrogen-bond donors (Lipinski definition) is 1. The lowest BCUT2D eigenvalue weighted by Gasteiger charge is -2.08. The number of rotatable bonds is 6. The molecule has 1 heterocycles. The zero-order chi connectivity index (χ0) is 17.8. The number of anilines is 1. The highest BCUT2D eigenvalue weighted by molar-refractivity contribution is 7.17. The first-order valence-corrected chi connectivity index (χ1v) is 9.12. The molecule has 5 nitrogen and oxygen atoms in total. The Hall–Kier alpha value is -2.34. The van der Waals surface area contributed by atoms with E-state index in [0.717, 1.165) is 36.1 Å². The summed E-state index contributed by atoms with van der Waals surface area (Å²) >= 11 is 1.48. The molecule has 6 heteroatoms. The molecule has 0 aliphatic heterocycles. The number of thiophene rings is 1. The normalized spacial score (nSPS) is 12.6. The minimum atomic E-state index is -0.384. The van der Waals surface area contributed by atoms with Gasteiger partial charge >= 0.3 is 5.97 Å². The molecule has 25 heavy (non-hydrogen) atoms. The highest BCUT2D eigenvalue weighted by Crippen LogP contribution is 2.39. The van der Waals surface area contributed by atoms with E-state index in [1.54, 1.807) is 0 Å². The van der Waals surface area contributed by atoms with Crippen LogP contribution in [-0.4, -0.2) is 25.6 Å². The van der Waals surface area contributed by atoms with Gasteiger partial charge in [0.25, 0.3) is 0 Å². The third-order valence-corrected chi connectivity index (χ3v) is 5.36. The van der Waals surface area contributed by atoms with E-state index in [-0.39, 0.29) is 24.9 Å². The van der Waals surface area contributed by atoms with Crippen molar-refractivity contribution in [1.29, 1.82) is 0 Å². The molecule has 1 aromatic heterocycles. The zero-order valence-electron chi connectivity index (χ0n) is 14.4. The van der Waals surface area contributed by atoms with Crippen LogP contribution in [0.25, 0.3) is 0 Å². The van der Waals surface area contributed by atoms with E-state index in [4.69, 9.17) is 9.47 Å². The molecule has 1 aliphatic rings. The van der Waals surface area contributed by atoms with Crippen LogP contribution in [0.1, 0.15) is 39.2 Å². The summed E-state index contributed by atoms with van der Waals surface area (Å²) in [7, 11) is 1.36. The minimum absolute atomic E-state index is 0.169. The number of aryl methyl sites for hydroxylation is 2. The first-order chi connectivity index (χ1) is 12.1. The molecule has 0 spiro atoms. The van der Waals surface area contributed by atoms with Crippen molar-refractivity contribution in [3.8, 4) is 5.75 Å². The lowest BCUT2D eigenvalue weighted by atomic mass is 10.1. The van der Waals surface area contributed by atoms with Crippen molar-refractivity contribution in [2.45, 2.75) is 32.6 Å². The maximum Gasteiger partial charge on any atom is 0.341 e. The number of esters is 1. The standard InChI is InChI=1S/C19H21NO4S/c1-12-5-3-6-13(11-12)24-10-9-16(21)20-18-17(19(22)23-2)14-7-4-8-15(14)25-18/h3,5-6,11H,4,7-10H2,1-2H3,(H,20,21). The molecule has 1 aromatic carbocycles. The number of carbonyl (C=O) groups excluding carboxylic acids is 2. The maximum absolute atomic E-state index is 12.2. The summed E-state index contributed by atoms with van der Waals surface area (Å²) in [6.45, 7) is 2.28. The molecule has 3 rings (SSSR count). The number of benzene rings is 1. The highest BCUT2D eigenvalue weighted by Gasteiger charge is 2.27. The molecule has 132 valence electrons. The van der Waals surface area contributed by atoms with Gasteiger partial charge in [-0.2, -0.15) is 0 Å². The first kappa shape index (κ1) is 17.5. The van der Waals surface area contributed by atoms with Gasteiger partial charge in [0, 0.05) is 4.88 Å². The van der Waals surface area contributed by atoms with Gasteiger partial charge in [0.05, 0.1) is 25.7 Å². The van der Waals surface area contributed by atoms with Crippen LogP contribution < -0.4 is 10.1 Å². The summed E-state index contributed by atoms with van der Waals surface area (Å²) in [5, 5.41) is 3.45. The fraction of sp³-hybridized carbons (Fsp3) is 0.368. The Bertz CT molecular complexity index is 797. The predicted molar refractivity (Wildman–Crippen MR) is 97.6 cm³/mol. The van der Waals surface area contributed by atoms with E-state index in [0.29, 0.717) is 10.6 Å². The van der Waals surface area contributed by atoms with Crippen LogP contribution in [0, 0.1) is 6.92 Å². The largest absolute Gasteiger partial charge is 0.493 e. The molecule has 0 radical (unpaired) electrons. The number of methoxy groups -OCH3 is 1. The molecule has 1 aliphatic carbocycles. The van der Waals surface area contributed by atoms with Crippen LogP contribution in [-0.2, 0) is 22.4 Å². The Balaban J connectivity index is 1.60. The molecule has 1 N–H and O–H groups in total. The molecule has 0 atom stereocenters. The van der Waals surface area contributed by atoms with Crippen LogP contribution in [0.3, 0.4) is 0 Å². The number of hydrogen-bond acceptors (Lipinski definition) is 5. The van der Waals surface area contributed by atoms with Crippen LogP contribution in [0.4, 0.5) is 5.00 Å². The smallest absolute Gasteiger partial charge is 0.341 e. The van der Waals surface area contributed by atoms with Crippen molar-refractivity contribution < 1.29 is 19.1 Å². The van der Waals surface area contributed by atoms with Crippen molar-refractivity contribution in [3.05, 3.63) is 45.8 Å². The number of carbonyl (C=O) groups is 2. The Kier molecular flexibility index (Phi) is 5.38. The zero-order valence-corrected chi connectivity index (χ0v) is 15.2. The fourth-order valence-corrected chi connectivity index (χ4v) is 4.26. The average Bonchev–Trinajstić information content (AvgIpc) is 3.15. The third-order valence-electron chi connectivity index (χ3n) is 4.15. The molecule has 0 unspecified atom stereocenters. The van der Waals surface area contributed by atoms with Gasteiger partial charge in [-0.25, -0.2) is 4.79 Å². The van der Waals surface area contributed by atoms with Gasteiger partial charge in [0.2, 0.25) is 5.91 Å². The molecular formula is C19H21NO4S. The summed E-state index contributed by atoms with van der Waals surface area (Å²) in [5.74, 6) is 0.196. The first-order valence-electron chi connectivity index (χ1n) is 8.30. The van der Waals surface area contributed by atoms with Gasteiger partial charge in [0.15, 0.2) is 0 Å². The van der Waals surface area contributed by atoms with Crippen LogP contribution in [0.15, 0.2) is 24.3 Å². The molecule has 0 fully saturated rings. The van der Waals surface area contributed by atoms with Crippen LogP contribution in [0.2, 0.25) is 0 Å².